The van der Waals surface area contributed by atoms with Crippen LogP contribution >= 0.6 is 0 Å². The average molecular weight is 243 g/mol. The molecular weight excluding hydrogens is 222 g/mol. The molecular formula is C11H21N3O3. The highest BCUT2D eigenvalue weighted by atomic mass is 16.5. The molecule has 0 aliphatic rings. The molecule has 1 N–H and O–H groups in total. The quantitative estimate of drug-likeness (QED) is 0.558. The summed E-state index contributed by atoms with van der Waals surface area (Å²) in [4.78, 5) is 13.2. The van der Waals surface area contributed by atoms with Crippen LogP contribution < -0.4 is 5.32 Å². The number of likely N-dealkylation sites (N-methyl/N-ethyl adjacent to an activating group) is 1. The Labute approximate surface area is 102 Å². The number of ether oxygens (including phenoxy) is 2. The predicted octanol–water partition coefficient (Wildman–Crippen LogP) is -0.391. The van der Waals surface area contributed by atoms with Crippen LogP contribution in [0, 0.1) is 11.3 Å². The molecule has 0 aromatic carbocycles. The van der Waals surface area contributed by atoms with Gasteiger partial charge >= 0.3 is 0 Å². The first-order chi connectivity index (χ1) is 8.10. The van der Waals surface area contributed by atoms with E-state index in [4.69, 9.17) is 14.7 Å². The summed E-state index contributed by atoms with van der Waals surface area (Å²) in [7, 11) is 3.42. The van der Waals surface area contributed by atoms with Crippen LogP contribution in [0.1, 0.15) is 6.92 Å². The summed E-state index contributed by atoms with van der Waals surface area (Å²) in [5.41, 5.74) is 0. The maximum Gasteiger partial charge on any atom is 0.234 e. The SMILES string of the molecule is COCCNC(=O)CN(C)CCOC(C)C#N. The van der Waals surface area contributed by atoms with Gasteiger partial charge in [0, 0.05) is 20.2 Å². The van der Waals surface area contributed by atoms with E-state index < -0.39 is 6.10 Å². The van der Waals surface area contributed by atoms with Crippen LogP contribution in [-0.4, -0.2) is 63.9 Å². The smallest absolute Gasteiger partial charge is 0.234 e. The van der Waals surface area contributed by atoms with Gasteiger partial charge in [-0.05, 0) is 14.0 Å². The summed E-state index contributed by atoms with van der Waals surface area (Å²) in [5, 5.41) is 11.2. The predicted molar refractivity (Wildman–Crippen MR) is 63.4 cm³/mol. The normalized spacial score (nSPS) is 12.2. The van der Waals surface area contributed by atoms with Gasteiger partial charge in [0.15, 0.2) is 0 Å². The van der Waals surface area contributed by atoms with Gasteiger partial charge in [0.1, 0.15) is 6.10 Å². The maximum atomic E-state index is 11.4. The summed E-state index contributed by atoms with van der Waals surface area (Å²) in [6.45, 7) is 4.09. The topological polar surface area (TPSA) is 74.6 Å². The third-order valence-electron chi connectivity index (χ3n) is 2.06. The standard InChI is InChI=1S/C11H21N3O3/c1-10(8-12)17-7-5-14(2)9-11(15)13-4-6-16-3/h10H,4-7,9H2,1-3H3,(H,13,15). The Morgan fingerprint density at radius 2 is 2.24 bits per heavy atom. The molecule has 17 heavy (non-hydrogen) atoms. The van der Waals surface area contributed by atoms with E-state index in [-0.39, 0.29) is 5.91 Å². The van der Waals surface area contributed by atoms with Crippen molar-refractivity contribution in [3.05, 3.63) is 0 Å². The van der Waals surface area contributed by atoms with Crippen molar-refractivity contribution < 1.29 is 14.3 Å². The van der Waals surface area contributed by atoms with Crippen LogP contribution in [0.15, 0.2) is 0 Å². The maximum absolute atomic E-state index is 11.4. The van der Waals surface area contributed by atoms with Gasteiger partial charge in [0.2, 0.25) is 5.91 Å². The van der Waals surface area contributed by atoms with E-state index in [1.807, 2.05) is 18.0 Å². The molecule has 0 saturated heterocycles. The van der Waals surface area contributed by atoms with Gasteiger partial charge in [0.05, 0.1) is 25.8 Å². The van der Waals surface area contributed by atoms with Crippen molar-refractivity contribution >= 4 is 5.91 Å². The lowest BCUT2D eigenvalue weighted by atomic mass is 10.4. The van der Waals surface area contributed by atoms with Gasteiger partial charge in [0.25, 0.3) is 0 Å². The number of hydrogen-bond acceptors (Lipinski definition) is 5. The van der Waals surface area contributed by atoms with E-state index in [9.17, 15) is 4.79 Å². The third-order valence-corrected chi connectivity index (χ3v) is 2.06. The largest absolute Gasteiger partial charge is 0.383 e. The first-order valence-corrected chi connectivity index (χ1v) is 5.55. The van der Waals surface area contributed by atoms with Crippen LogP contribution in [-0.2, 0) is 14.3 Å². The van der Waals surface area contributed by atoms with E-state index in [0.29, 0.717) is 32.8 Å². The van der Waals surface area contributed by atoms with Gasteiger partial charge in [-0.2, -0.15) is 5.26 Å². The van der Waals surface area contributed by atoms with Gasteiger partial charge in [-0.3, -0.25) is 9.69 Å². The van der Waals surface area contributed by atoms with Gasteiger partial charge in [-0.1, -0.05) is 0 Å². The van der Waals surface area contributed by atoms with Gasteiger partial charge in [-0.25, -0.2) is 0 Å². The second-order valence-electron chi connectivity index (χ2n) is 3.72. The Balaban J connectivity index is 3.54. The highest BCUT2D eigenvalue weighted by Crippen LogP contribution is 1.89. The third kappa shape index (κ3) is 9.75. The molecule has 98 valence electrons. The summed E-state index contributed by atoms with van der Waals surface area (Å²) in [6.07, 6.45) is -0.404. The number of carbonyl (C=O) groups is 1. The van der Waals surface area contributed by atoms with Crippen LogP contribution in [0.5, 0.6) is 0 Å². The highest BCUT2D eigenvalue weighted by molar-refractivity contribution is 5.77. The van der Waals surface area contributed by atoms with E-state index in [1.165, 1.54) is 0 Å². The first kappa shape index (κ1) is 15.8. The number of rotatable bonds is 9. The van der Waals surface area contributed by atoms with Crippen LogP contribution in [0.25, 0.3) is 0 Å². The molecule has 0 heterocycles. The minimum atomic E-state index is -0.404. The number of methoxy groups -OCH3 is 1. The Morgan fingerprint density at radius 3 is 2.82 bits per heavy atom. The van der Waals surface area contributed by atoms with E-state index in [1.54, 1.807) is 14.0 Å². The lowest BCUT2D eigenvalue weighted by Gasteiger charge is -2.16. The minimum absolute atomic E-state index is 0.0436. The highest BCUT2D eigenvalue weighted by Gasteiger charge is 2.06. The molecule has 6 heteroatoms. The molecule has 0 aliphatic heterocycles. The number of hydrogen-bond donors (Lipinski definition) is 1. The first-order valence-electron chi connectivity index (χ1n) is 5.55. The van der Waals surface area contributed by atoms with Crippen molar-refractivity contribution in [1.82, 2.24) is 10.2 Å². The van der Waals surface area contributed by atoms with Gasteiger partial charge in [-0.15, -0.1) is 0 Å². The number of carbonyl (C=O) groups excluding carboxylic acids is 1. The zero-order valence-corrected chi connectivity index (χ0v) is 10.7. The molecule has 6 nitrogen and oxygen atoms in total. The fourth-order valence-corrected chi connectivity index (χ4v) is 1.10. The molecule has 0 aromatic rings. The lowest BCUT2D eigenvalue weighted by Crippen LogP contribution is -2.38. The summed E-state index contributed by atoms with van der Waals surface area (Å²) in [6, 6.07) is 1.98. The van der Waals surface area contributed by atoms with E-state index >= 15 is 0 Å². The minimum Gasteiger partial charge on any atom is -0.383 e. The Kier molecular flexibility index (Phi) is 9.34. The van der Waals surface area contributed by atoms with Crippen molar-refractivity contribution in [2.24, 2.45) is 0 Å². The number of nitriles is 1. The average Bonchev–Trinajstić information content (AvgIpc) is 2.29. The molecule has 1 amide bonds. The van der Waals surface area contributed by atoms with Crippen molar-refractivity contribution in [2.75, 3.05) is 47.0 Å². The lowest BCUT2D eigenvalue weighted by molar-refractivity contribution is -0.122. The zero-order chi connectivity index (χ0) is 13.1. The Hall–Kier alpha value is -1.16. The van der Waals surface area contributed by atoms with E-state index in [2.05, 4.69) is 5.32 Å². The summed E-state index contributed by atoms with van der Waals surface area (Å²) in [5.74, 6) is -0.0436. The fourth-order valence-electron chi connectivity index (χ4n) is 1.10. The molecule has 0 aromatic heterocycles. The molecule has 0 fully saturated rings. The molecule has 0 rings (SSSR count). The summed E-state index contributed by atoms with van der Waals surface area (Å²) < 4.78 is 10.0. The van der Waals surface area contributed by atoms with Crippen molar-refractivity contribution in [2.45, 2.75) is 13.0 Å². The Bertz CT molecular complexity index is 253. The zero-order valence-electron chi connectivity index (χ0n) is 10.7. The van der Waals surface area contributed by atoms with Gasteiger partial charge < -0.3 is 14.8 Å². The molecule has 0 aliphatic carbocycles. The second kappa shape index (κ2) is 10.0. The molecule has 1 atom stereocenters. The number of nitrogens with one attached hydrogen (secondary N) is 1. The summed E-state index contributed by atoms with van der Waals surface area (Å²) >= 11 is 0. The van der Waals surface area contributed by atoms with Crippen molar-refractivity contribution in [3.63, 3.8) is 0 Å². The molecule has 0 radical (unpaired) electrons. The van der Waals surface area contributed by atoms with Crippen LogP contribution in [0.2, 0.25) is 0 Å². The fraction of sp³-hybridized carbons (Fsp3) is 0.818. The molecule has 1 unspecified atom stereocenters. The monoisotopic (exact) mass is 243 g/mol. The molecule has 0 saturated carbocycles. The Morgan fingerprint density at radius 1 is 1.53 bits per heavy atom. The van der Waals surface area contributed by atoms with Crippen molar-refractivity contribution in [1.29, 1.82) is 5.26 Å². The second-order valence-corrected chi connectivity index (χ2v) is 3.72. The molecule has 0 bridgehead atoms. The molecule has 0 spiro atoms. The van der Waals surface area contributed by atoms with E-state index in [0.717, 1.165) is 0 Å². The van der Waals surface area contributed by atoms with Crippen LogP contribution in [0.3, 0.4) is 0 Å². The number of amides is 1. The van der Waals surface area contributed by atoms with Crippen LogP contribution in [0.4, 0.5) is 0 Å². The van der Waals surface area contributed by atoms with Crippen molar-refractivity contribution in [3.8, 4) is 6.07 Å². The number of nitrogens with zero attached hydrogens (tertiary/aromatic N) is 2.